The number of carbonyl (C=O) groups excluding carboxylic acids is 1. The van der Waals surface area contributed by atoms with Gasteiger partial charge in [-0.25, -0.2) is 4.79 Å². The average Bonchev–Trinajstić information content (AvgIpc) is 2.49. The van der Waals surface area contributed by atoms with Gasteiger partial charge in [-0.2, -0.15) is 0 Å². The second-order valence-electron chi connectivity index (χ2n) is 6.91. The molecule has 1 unspecified atom stereocenters. The van der Waals surface area contributed by atoms with Crippen LogP contribution in [0.4, 0.5) is 0 Å². The fraction of sp³-hybridized carbons (Fsp3) is 0.895. The van der Waals surface area contributed by atoms with Gasteiger partial charge in [0.1, 0.15) is 6.04 Å². The number of carboxylic acid groups (broad SMARTS) is 1. The van der Waals surface area contributed by atoms with E-state index >= 15 is 0 Å². The number of hydrogen-bond donors (Lipinski definition) is 2. The van der Waals surface area contributed by atoms with Crippen molar-refractivity contribution in [3.8, 4) is 0 Å². The van der Waals surface area contributed by atoms with Crippen LogP contribution in [0.3, 0.4) is 0 Å². The van der Waals surface area contributed by atoms with Crippen molar-refractivity contribution in [3.05, 3.63) is 0 Å². The van der Waals surface area contributed by atoms with Crippen molar-refractivity contribution >= 4 is 41.4 Å². The van der Waals surface area contributed by atoms with Crippen molar-refractivity contribution in [1.29, 1.82) is 0 Å². The molecule has 0 aromatic heterocycles. The Morgan fingerprint density at radius 2 is 1.25 bits per heavy atom. The molecular formula is C19H38NNaO3. The Kier molecular flexibility index (Phi) is 19.4. The third-order valence-corrected chi connectivity index (χ3v) is 4.26. The molecule has 0 rings (SSSR count). The van der Waals surface area contributed by atoms with E-state index in [0.717, 1.165) is 12.8 Å². The topological polar surface area (TPSA) is 66.4 Å². The zero-order chi connectivity index (χ0) is 17.5. The van der Waals surface area contributed by atoms with E-state index in [1.165, 1.54) is 57.8 Å². The number of rotatable bonds is 15. The maximum absolute atomic E-state index is 11.7. The molecule has 0 bridgehead atoms. The van der Waals surface area contributed by atoms with Gasteiger partial charge in [-0.1, -0.05) is 85.0 Å². The summed E-state index contributed by atoms with van der Waals surface area (Å²) < 4.78 is 0. The molecule has 0 radical (unpaired) electrons. The van der Waals surface area contributed by atoms with Gasteiger partial charge in [0.2, 0.25) is 5.91 Å². The molecule has 0 aliphatic heterocycles. The Bertz CT molecular complexity index is 322. The average molecular weight is 352 g/mol. The summed E-state index contributed by atoms with van der Waals surface area (Å²) in [6.45, 7) is 5.85. The van der Waals surface area contributed by atoms with Gasteiger partial charge < -0.3 is 10.4 Å². The molecule has 4 nitrogen and oxygen atoms in total. The van der Waals surface area contributed by atoms with E-state index in [1.807, 2.05) is 0 Å². The van der Waals surface area contributed by atoms with Crippen LogP contribution in [0.25, 0.3) is 0 Å². The van der Waals surface area contributed by atoms with Crippen LogP contribution in [-0.4, -0.2) is 52.6 Å². The van der Waals surface area contributed by atoms with Crippen LogP contribution in [0.15, 0.2) is 0 Å². The first-order valence-electron chi connectivity index (χ1n) is 9.51. The van der Waals surface area contributed by atoms with Crippen molar-refractivity contribution in [2.45, 2.75) is 104 Å². The third-order valence-electron chi connectivity index (χ3n) is 4.26. The number of amides is 1. The zero-order valence-corrected chi connectivity index (χ0v) is 15.4. The Balaban J connectivity index is 0. The van der Waals surface area contributed by atoms with Crippen LogP contribution in [-0.2, 0) is 9.59 Å². The predicted molar refractivity (Wildman–Crippen MR) is 103 cm³/mol. The van der Waals surface area contributed by atoms with Crippen LogP contribution in [0.1, 0.15) is 97.8 Å². The standard InChI is InChI=1S/C19H37NO3.Na.H/c1-4-5-6-7-8-9-10-11-12-13-14-15-17(21)20-18(16(2)3)19(22)23;;/h16,18H,4-15H2,1-3H3,(H,20,21)(H,22,23);;. The molecule has 0 aliphatic rings. The summed E-state index contributed by atoms with van der Waals surface area (Å²) >= 11 is 0. The van der Waals surface area contributed by atoms with Crippen molar-refractivity contribution in [2.75, 3.05) is 0 Å². The van der Waals surface area contributed by atoms with Crippen molar-refractivity contribution in [3.63, 3.8) is 0 Å². The van der Waals surface area contributed by atoms with E-state index in [1.54, 1.807) is 13.8 Å². The van der Waals surface area contributed by atoms with E-state index < -0.39 is 12.0 Å². The van der Waals surface area contributed by atoms with Crippen LogP contribution in [0, 0.1) is 5.92 Å². The van der Waals surface area contributed by atoms with E-state index in [9.17, 15) is 9.59 Å². The van der Waals surface area contributed by atoms with Gasteiger partial charge >= 0.3 is 35.5 Å². The molecule has 1 atom stereocenters. The van der Waals surface area contributed by atoms with Gasteiger partial charge in [-0.3, -0.25) is 4.79 Å². The molecule has 0 aromatic carbocycles. The number of carboxylic acids is 1. The molecule has 0 heterocycles. The summed E-state index contributed by atoms with van der Waals surface area (Å²) in [7, 11) is 0. The van der Waals surface area contributed by atoms with Crippen LogP contribution >= 0.6 is 0 Å². The Labute approximate surface area is 170 Å². The molecule has 5 heteroatoms. The Hall–Kier alpha value is -0.0600. The minimum absolute atomic E-state index is 0. The molecule has 0 aromatic rings. The first-order valence-corrected chi connectivity index (χ1v) is 9.51. The van der Waals surface area contributed by atoms with Crippen LogP contribution < -0.4 is 5.32 Å². The molecule has 138 valence electrons. The second-order valence-corrected chi connectivity index (χ2v) is 6.91. The zero-order valence-electron chi connectivity index (χ0n) is 15.4. The summed E-state index contributed by atoms with van der Waals surface area (Å²) in [5.41, 5.74) is 0. The molecular weight excluding hydrogens is 313 g/mol. The van der Waals surface area contributed by atoms with Gasteiger partial charge in [0.25, 0.3) is 0 Å². The third kappa shape index (κ3) is 15.5. The summed E-state index contributed by atoms with van der Waals surface area (Å²) in [6.07, 6.45) is 14.2. The van der Waals surface area contributed by atoms with Gasteiger partial charge in [0.15, 0.2) is 0 Å². The number of nitrogens with one attached hydrogen (secondary N) is 1. The molecule has 2 N–H and O–H groups in total. The fourth-order valence-corrected chi connectivity index (χ4v) is 2.71. The van der Waals surface area contributed by atoms with E-state index in [-0.39, 0.29) is 41.4 Å². The first-order chi connectivity index (χ1) is 11.0. The van der Waals surface area contributed by atoms with E-state index in [2.05, 4.69) is 12.2 Å². The molecule has 24 heavy (non-hydrogen) atoms. The molecule has 0 saturated heterocycles. The molecule has 0 fully saturated rings. The van der Waals surface area contributed by atoms with Gasteiger partial charge in [-0.05, 0) is 12.3 Å². The van der Waals surface area contributed by atoms with E-state index in [4.69, 9.17) is 5.11 Å². The fourth-order valence-electron chi connectivity index (χ4n) is 2.71. The molecule has 0 spiro atoms. The number of carbonyl (C=O) groups is 2. The van der Waals surface area contributed by atoms with E-state index in [0.29, 0.717) is 6.42 Å². The first kappa shape index (κ1) is 26.2. The molecule has 0 saturated carbocycles. The summed E-state index contributed by atoms with van der Waals surface area (Å²) in [5, 5.41) is 11.7. The number of unbranched alkanes of at least 4 members (excludes halogenated alkanes) is 10. The quantitative estimate of drug-likeness (QED) is 0.342. The Morgan fingerprint density at radius 3 is 1.62 bits per heavy atom. The summed E-state index contributed by atoms with van der Waals surface area (Å²) in [5.74, 6) is -1.18. The molecule has 1 amide bonds. The Morgan fingerprint density at radius 1 is 0.833 bits per heavy atom. The van der Waals surface area contributed by atoms with Crippen LogP contribution in [0.2, 0.25) is 0 Å². The predicted octanol–water partition coefficient (Wildman–Crippen LogP) is 4.26. The minimum atomic E-state index is -0.952. The normalized spacial score (nSPS) is 11.8. The van der Waals surface area contributed by atoms with Gasteiger partial charge in [0.05, 0.1) is 0 Å². The molecule has 0 aliphatic carbocycles. The van der Waals surface area contributed by atoms with Gasteiger partial charge in [0, 0.05) is 6.42 Å². The van der Waals surface area contributed by atoms with Crippen LogP contribution in [0.5, 0.6) is 0 Å². The van der Waals surface area contributed by atoms with Crippen molar-refractivity contribution in [1.82, 2.24) is 5.32 Å². The van der Waals surface area contributed by atoms with Gasteiger partial charge in [-0.15, -0.1) is 0 Å². The second kappa shape index (κ2) is 17.8. The monoisotopic (exact) mass is 351 g/mol. The number of hydrogen-bond acceptors (Lipinski definition) is 2. The maximum atomic E-state index is 11.7. The summed E-state index contributed by atoms with van der Waals surface area (Å²) in [6, 6.07) is -0.768. The SMILES string of the molecule is CCCCCCCCCCCCCC(=O)NC(C(=O)O)C(C)C.[NaH]. The number of aliphatic carboxylic acids is 1. The van der Waals surface area contributed by atoms with Crippen molar-refractivity contribution < 1.29 is 14.7 Å². The summed E-state index contributed by atoms with van der Waals surface area (Å²) in [4.78, 5) is 22.8. The van der Waals surface area contributed by atoms with Crippen molar-refractivity contribution in [2.24, 2.45) is 5.92 Å².